The summed E-state index contributed by atoms with van der Waals surface area (Å²) >= 11 is 0. The van der Waals surface area contributed by atoms with E-state index in [9.17, 15) is 4.79 Å². The number of carbonyl (C=O) groups excluding carboxylic acids is 1. The van der Waals surface area contributed by atoms with Crippen LogP contribution in [-0.4, -0.2) is 42.3 Å². The Morgan fingerprint density at radius 1 is 1.36 bits per heavy atom. The molecule has 132 valence electrons. The highest BCUT2D eigenvalue weighted by molar-refractivity contribution is 5.76. The normalized spacial score (nSPS) is 12.3. The minimum absolute atomic E-state index is 0.176. The Kier molecular flexibility index (Phi) is 4.69. The molecule has 1 N–H and O–H groups in total. The molecule has 3 rings (SSSR count). The van der Waals surface area contributed by atoms with E-state index in [1.807, 2.05) is 54.3 Å². The maximum atomic E-state index is 12.5. The van der Waals surface area contributed by atoms with Crippen LogP contribution >= 0.6 is 0 Å². The van der Waals surface area contributed by atoms with Gasteiger partial charge in [-0.2, -0.15) is 0 Å². The summed E-state index contributed by atoms with van der Waals surface area (Å²) in [5, 5.41) is 11.0. The van der Waals surface area contributed by atoms with Gasteiger partial charge in [-0.3, -0.25) is 0 Å². The van der Waals surface area contributed by atoms with Crippen molar-refractivity contribution in [1.82, 2.24) is 34.5 Å². The van der Waals surface area contributed by atoms with Crippen LogP contribution in [0.15, 0.2) is 30.6 Å². The third kappa shape index (κ3) is 3.33. The summed E-state index contributed by atoms with van der Waals surface area (Å²) in [4.78, 5) is 18.7. The molecule has 1 atom stereocenters. The fraction of sp³-hybridized carbons (Fsp3) is 0.412. The Morgan fingerprint density at radius 2 is 2.12 bits per heavy atom. The van der Waals surface area contributed by atoms with Gasteiger partial charge in [0.1, 0.15) is 12.2 Å². The van der Waals surface area contributed by atoms with Gasteiger partial charge in [-0.15, -0.1) is 10.2 Å². The standard InChI is InChI=1S/C17H23N7O/c1-5-24-11-18-21-16(24)12(2)19-17(25)22(3)10-15-20-13-8-6-7-9-14(13)23(15)4/h6-9,11-12H,5,10H2,1-4H3,(H,19,25)/t12-/m0/s1. The number of benzene rings is 1. The number of fused-ring (bicyclic) bond motifs is 1. The van der Waals surface area contributed by atoms with Crippen LogP contribution in [-0.2, 0) is 20.1 Å². The van der Waals surface area contributed by atoms with Crippen LogP contribution in [0.3, 0.4) is 0 Å². The van der Waals surface area contributed by atoms with Crippen LogP contribution in [0.4, 0.5) is 4.79 Å². The molecular weight excluding hydrogens is 318 g/mol. The quantitative estimate of drug-likeness (QED) is 0.770. The second-order valence-electron chi connectivity index (χ2n) is 6.08. The highest BCUT2D eigenvalue weighted by Gasteiger charge is 2.19. The fourth-order valence-electron chi connectivity index (χ4n) is 2.82. The molecule has 2 heterocycles. The Labute approximate surface area is 146 Å². The number of para-hydroxylation sites is 2. The first kappa shape index (κ1) is 16.9. The third-order valence-electron chi connectivity index (χ3n) is 4.32. The average molecular weight is 341 g/mol. The molecule has 0 saturated heterocycles. The lowest BCUT2D eigenvalue weighted by Crippen LogP contribution is -2.39. The summed E-state index contributed by atoms with van der Waals surface area (Å²) in [6.07, 6.45) is 1.67. The van der Waals surface area contributed by atoms with Gasteiger partial charge in [-0.25, -0.2) is 9.78 Å². The molecule has 0 aliphatic heterocycles. The van der Waals surface area contributed by atoms with Crippen LogP contribution in [0.2, 0.25) is 0 Å². The molecule has 0 aliphatic rings. The summed E-state index contributed by atoms with van der Waals surface area (Å²) in [5.74, 6) is 1.58. The van der Waals surface area contributed by atoms with Crippen molar-refractivity contribution in [2.24, 2.45) is 7.05 Å². The van der Waals surface area contributed by atoms with Gasteiger partial charge >= 0.3 is 6.03 Å². The van der Waals surface area contributed by atoms with E-state index >= 15 is 0 Å². The molecule has 8 heteroatoms. The molecule has 2 aromatic heterocycles. The number of aromatic nitrogens is 5. The molecule has 1 aromatic carbocycles. The maximum Gasteiger partial charge on any atom is 0.318 e. The van der Waals surface area contributed by atoms with E-state index < -0.39 is 0 Å². The summed E-state index contributed by atoms with van der Waals surface area (Å²) in [7, 11) is 3.72. The highest BCUT2D eigenvalue weighted by atomic mass is 16.2. The van der Waals surface area contributed by atoms with Crippen molar-refractivity contribution in [1.29, 1.82) is 0 Å². The summed E-state index contributed by atoms with van der Waals surface area (Å²) in [6.45, 7) is 5.10. The topological polar surface area (TPSA) is 80.9 Å². The van der Waals surface area contributed by atoms with Crippen molar-refractivity contribution in [3.05, 3.63) is 42.2 Å². The van der Waals surface area contributed by atoms with Crippen molar-refractivity contribution in [3.8, 4) is 0 Å². The van der Waals surface area contributed by atoms with Gasteiger partial charge in [-0.05, 0) is 26.0 Å². The molecule has 2 amide bonds. The number of aryl methyl sites for hydroxylation is 2. The first-order valence-corrected chi connectivity index (χ1v) is 8.31. The monoisotopic (exact) mass is 341 g/mol. The lowest BCUT2D eigenvalue weighted by Gasteiger charge is -2.21. The molecule has 0 fully saturated rings. The van der Waals surface area contributed by atoms with Gasteiger partial charge in [0.15, 0.2) is 5.82 Å². The van der Waals surface area contributed by atoms with Crippen LogP contribution in [0.5, 0.6) is 0 Å². The van der Waals surface area contributed by atoms with E-state index in [4.69, 9.17) is 0 Å². The van der Waals surface area contributed by atoms with Crippen molar-refractivity contribution < 1.29 is 4.79 Å². The van der Waals surface area contributed by atoms with Gasteiger partial charge in [0.25, 0.3) is 0 Å². The summed E-state index contributed by atoms with van der Waals surface area (Å²) in [6, 6.07) is 7.53. The number of hydrogen-bond donors (Lipinski definition) is 1. The number of carbonyl (C=O) groups is 1. The number of nitrogens with zero attached hydrogens (tertiary/aromatic N) is 6. The molecule has 0 aliphatic carbocycles. The van der Waals surface area contributed by atoms with Crippen LogP contribution in [0.1, 0.15) is 31.5 Å². The van der Waals surface area contributed by atoms with Crippen LogP contribution in [0, 0.1) is 0 Å². The largest absolute Gasteiger partial charge is 0.330 e. The smallest absolute Gasteiger partial charge is 0.318 e. The van der Waals surface area contributed by atoms with E-state index in [0.29, 0.717) is 6.54 Å². The minimum atomic E-state index is -0.224. The molecule has 0 unspecified atom stereocenters. The Bertz CT molecular complexity index is 882. The lowest BCUT2D eigenvalue weighted by molar-refractivity contribution is 0.201. The van der Waals surface area contributed by atoms with Crippen molar-refractivity contribution >= 4 is 17.1 Å². The lowest BCUT2D eigenvalue weighted by atomic mass is 10.3. The van der Waals surface area contributed by atoms with Crippen molar-refractivity contribution in [3.63, 3.8) is 0 Å². The first-order valence-electron chi connectivity index (χ1n) is 8.31. The molecule has 0 radical (unpaired) electrons. The van der Waals surface area contributed by atoms with Gasteiger partial charge in [0.2, 0.25) is 0 Å². The molecule has 25 heavy (non-hydrogen) atoms. The van der Waals surface area contributed by atoms with E-state index in [1.165, 1.54) is 0 Å². The average Bonchev–Trinajstić information content (AvgIpc) is 3.20. The number of hydrogen-bond acceptors (Lipinski definition) is 4. The zero-order chi connectivity index (χ0) is 18.0. The van der Waals surface area contributed by atoms with Gasteiger partial charge in [0, 0.05) is 20.6 Å². The van der Waals surface area contributed by atoms with E-state index in [0.717, 1.165) is 29.2 Å². The predicted octanol–water partition coefficient (Wildman–Crippen LogP) is 2.09. The Morgan fingerprint density at radius 3 is 2.84 bits per heavy atom. The summed E-state index contributed by atoms with van der Waals surface area (Å²) < 4.78 is 3.92. The number of rotatable bonds is 5. The van der Waals surface area contributed by atoms with E-state index in [1.54, 1.807) is 18.3 Å². The van der Waals surface area contributed by atoms with Crippen molar-refractivity contribution in [2.75, 3.05) is 7.05 Å². The van der Waals surface area contributed by atoms with E-state index in [-0.39, 0.29) is 12.1 Å². The van der Waals surface area contributed by atoms with Crippen molar-refractivity contribution in [2.45, 2.75) is 33.0 Å². The second-order valence-corrected chi connectivity index (χ2v) is 6.08. The fourth-order valence-corrected chi connectivity index (χ4v) is 2.82. The second kappa shape index (κ2) is 6.92. The van der Waals surface area contributed by atoms with Crippen LogP contribution < -0.4 is 5.32 Å². The number of amides is 2. The Hall–Kier alpha value is -2.90. The third-order valence-corrected chi connectivity index (χ3v) is 4.32. The van der Waals surface area contributed by atoms with Gasteiger partial charge in [0.05, 0.1) is 23.6 Å². The molecule has 0 spiro atoms. The van der Waals surface area contributed by atoms with Gasteiger partial charge < -0.3 is 19.4 Å². The highest BCUT2D eigenvalue weighted by Crippen LogP contribution is 2.15. The minimum Gasteiger partial charge on any atom is -0.330 e. The predicted molar refractivity (Wildman–Crippen MR) is 94.8 cm³/mol. The molecular formula is C17H23N7O. The number of imidazole rings is 1. The summed E-state index contributed by atoms with van der Waals surface area (Å²) in [5.41, 5.74) is 1.98. The zero-order valence-electron chi connectivity index (χ0n) is 15.0. The SMILES string of the molecule is CCn1cnnc1[C@H](C)NC(=O)N(C)Cc1nc2ccccc2n1C. The number of urea groups is 1. The molecule has 3 aromatic rings. The maximum absolute atomic E-state index is 12.5. The zero-order valence-corrected chi connectivity index (χ0v) is 15.0. The first-order chi connectivity index (χ1) is 12.0. The van der Waals surface area contributed by atoms with E-state index in [2.05, 4.69) is 20.5 Å². The Balaban J connectivity index is 1.69. The van der Waals surface area contributed by atoms with Crippen LogP contribution in [0.25, 0.3) is 11.0 Å². The molecule has 0 bridgehead atoms. The number of nitrogens with one attached hydrogen (secondary N) is 1. The molecule has 8 nitrogen and oxygen atoms in total. The molecule has 0 saturated carbocycles. The van der Waals surface area contributed by atoms with Gasteiger partial charge in [-0.1, -0.05) is 12.1 Å².